The summed E-state index contributed by atoms with van der Waals surface area (Å²) in [7, 11) is 0. The molecular formula is C16H21NO. The minimum Gasteiger partial charge on any atom is -0.356 e. The second kappa shape index (κ2) is 7.00. The highest BCUT2D eigenvalue weighted by atomic mass is 16.1. The second-order valence-corrected chi connectivity index (χ2v) is 4.86. The van der Waals surface area contributed by atoms with Crippen LogP contribution in [-0.2, 0) is 11.2 Å². The van der Waals surface area contributed by atoms with Crippen molar-refractivity contribution in [2.24, 2.45) is 5.92 Å². The Morgan fingerprint density at radius 3 is 2.78 bits per heavy atom. The molecule has 0 fully saturated rings. The number of carbonyl (C=O) groups excluding carboxylic acids is 1. The lowest BCUT2D eigenvalue weighted by Crippen LogP contribution is -2.32. The van der Waals surface area contributed by atoms with Gasteiger partial charge in [0.2, 0.25) is 5.91 Å². The molecule has 1 amide bonds. The van der Waals surface area contributed by atoms with Crippen molar-refractivity contribution >= 4 is 5.91 Å². The summed E-state index contributed by atoms with van der Waals surface area (Å²) in [6.07, 6.45) is 9.29. The first kappa shape index (κ1) is 12.9. The smallest absolute Gasteiger partial charge is 0.223 e. The number of benzene rings is 1. The quantitative estimate of drug-likeness (QED) is 0.625. The zero-order valence-electron chi connectivity index (χ0n) is 10.8. The maximum atomic E-state index is 11.9. The van der Waals surface area contributed by atoms with E-state index in [-0.39, 0.29) is 11.8 Å². The molecule has 0 saturated heterocycles. The summed E-state index contributed by atoms with van der Waals surface area (Å²) in [5.41, 5.74) is 1.34. The topological polar surface area (TPSA) is 29.1 Å². The van der Waals surface area contributed by atoms with E-state index >= 15 is 0 Å². The predicted molar refractivity (Wildman–Crippen MR) is 74.3 cm³/mol. The number of aryl methyl sites for hydroxylation is 1. The van der Waals surface area contributed by atoms with E-state index < -0.39 is 0 Å². The van der Waals surface area contributed by atoms with E-state index in [0.29, 0.717) is 0 Å². The van der Waals surface area contributed by atoms with Crippen molar-refractivity contribution in [1.82, 2.24) is 5.32 Å². The van der Waals surface area contributed by atoms with Gasteiger partial charge in [-0.3, -0.25) is 4.79 Å². The van der Waals surface area contributed by atoms with Crippen LogP contribution < -0.4 is 5.32 Å². The highest BCUT2D eigenvalue weighted by molar-refractivity contribution is 5.78. The van der Waals surface area contributed by atoms with E-state index in [0.717, 1.165) is 38.6 Å². The molecule has 1 aromatic carbocycles. The van der Waals surface area contributed by atoms with Gasteiger partial charge < -0.3 is 5.32 Å². The fraction of sp³-hybridized carbons (Fsp3) is 0.438. The van der Waals surface area contributed by atoms with Crippen molar-refractivity contribution in [3.05, 3.63) is 48.0 Å². The minimum atomic E-state index is 0.201. The number of rotatable bonds is 5. The van der Waals surface area contributed by atoms with E-state index in [2.05, 4.69) is 41.7 Å². The summed E-state index contributed by atoms with van der Waals surface area (Å²) in [6, 6.07) is 10.4. The van der Waals surface area contributed by atoms with Gasteiger partial charge in [0.1, 0.15) is 0 Å². The number of hydrogen-bond acceptors (Lipinski definition) is 1. The van der Waals surface area contributed by atoms with Gasteiger partial charge in [0.15, 0.2) is 0 Å². The lowest BCUT2D eigenvalue weighted by molar-refractivity contribution is -0.125. The molecular weight excluding hydrogens is 222 g/mol. The van der Waals surface area contributed by atoms with E-state index in [9.17, 15) is 4.79 Å². The van der Waals surface area contributed by atoms with Crippen molar-refractivity contribution < 1.29 is 4.79 Å². The lowest BCUT2D eigenvalue weighted by atomic mass is 9.93. The van der Waals surface area contributed by atoms with Crippen LogP contribution in [0.1, 0.15) is 31.2 Å². The molecule has 0 bridgehead atoms. The number of allylic oxidation sites excluding steroid dienone is 2. The number of carbonyl (C=O) groups is 1. The molecule has 96 valence electrons. The summed E-state index contributed by atoms with van der Waals surface area (Å²) in [4.78, 5) is 11.9. The first-order chi connectivity index (χ1) is 8.86. The molecule has 0 heterocycles. The van der Waals surface area contributed by atoms with Crippen LogP contribution in [0.2, 0.25) is 0 Å². The molecule has 0 aromatic heterocycles. The van der Waals surface area contributed by atoms with Crippen molar-refractivity contribution in [2.75, 3.05) is 6.54 Å². The minimum absolute atomic E-state index is 0.201. The fourth-order valence-electron chi connectivity index (χ4n) is 2.32. The van der Waals surface area contributed by atoms with Gasteiger partial charge in [0.05, 0.1) is 0 Å². The van der Waals surface area contributed by atoms with Crippen LogP contribution in [0.3, 0.4) is 0 Å². The molecule has 0 radical (unpaired) electrons. The molecule has 0 saturated carbocycles. The molecule has 0 aliphatic heterocycles. The van der Waals surface area contributed by atoms with Crippen LogP contribution in [0.15, 0.2) is 42.5 Å². The van der Waals surface area contributed by atoms with Crippen LogP contribution in [0.4, 0.5) is 0 Å². The average molecular weight is 243 g/mol. The molecule has 1 aliphatic rings. The molecule has 1 aromatic rings. The SMILES string of the molecule is O=C(NCCCc1ccccc1)C1CC=CCC1. The molecule has 18 heavy (non-hydrogen) atoms. The Bertz CT molecular complexity index is 397. The Morgan fingerprint density at radius 1 is 1.22 bits per heavy atom. The number of hydrogen-bond donors (Lipinski definition) is 1. The molecule has 2 nitrogen and oxygen atoms in total. The van der Waals surface area contributed by atoms with Gasteiger partial charge in [0.25, 0.3) is 0 Å². The normalized spacial score (nSPS) is 18.6. The van der Waals surface area contributed by atoms with Gasteiger partial charge in [-0.2, -0.15) is 0 Å². The van der Waals surface area contributed by atoms with Crippen LogP contribution in [0.25, 0.3) is 0 Å². The van der Waals surface area contributed by atoms with Crippen molar-refractivity contribution in [2.45, 2.75) is 32.1 Å². The predicted octanol–water partition coefficient (Wildman–Crippen LogP) is 3.09. The standard InChI is InChI=1S/C16H21NO/c18-16(15-11-5-2-6-12-15)17-13-7-10-14-8-3-1-4-9-14/h1-5,8-9,15H,6-7,10-13H2,(H,17,18). The molecule has 1 atom stereocenters. The van der Waals surface area contributed by atoms with Gasteiger partial charge in [-0.15, -0.1) is 0 Å². The Hall–Kier alpha value is -1.57. The third-order valence-corrected chi connectivity index (χ3v) is 3.42. The summed E-state index contributed by atoms with van der Waals surface area (Å²) in [5, 5.41) is 3.05. The van der Waals surface area contributed by atoms with Gasteiger partial charge in [-0.05, 0) is 37.7 Å². The summed E-state index contributed by atoms with van der Waals surface area (Å²) in [5.74, 6) is 0.430. The van der Waals surface area contributed by atoms with Gasteiger partial charge in [-0.25, -0.2) is 0 Å². The van der Waals surface area contributed by atoms with Gasteiger partial charge in [-0.1, -0.05) is 42.5 Å². The molecule has 1 unspecified atom stereocenters. The van der Waals surface area contributed by atoms with Crippen molar-refractivity contribution in [1.29, 1.82) is 0 Å². The lowest BCUT2D eigenvalue weighted by Gasteiger charge is -2.17. The third kappa shape index (κ3) is 4.02. The maximum absolute atomic E-state index is 11.9. The van der Waals surface area contributed by atoms with E-state index in [1.54, 1.807) is 0 Å². The highest BCUT2D eigenvalue weighted by Crippen LogP contribution is 2.17. The first-order valence-electron chi connectivity index (χ1n) is 6.83. The van der Waals surface area contributed by atoms with E-state index in [1.807, 2.05) is 6.07 Å². The first-order valence-corrected chi connectivity index (χ1v) is 6.83. The number of nitrogens with one attached hydrogen (secondary N) is 1. The van der Waals surface area contributed by atoms with Crippen LogP contribution in [0, 0.1) is 5.92 Å². The Balaban J connectivity index is 1.63. The monoisotopic (exact) mass is 243 g/mol. The summed E-state index contributed by atoms with van der Waals surface area (Å²) >= 11 is 0. The zero-order chi connectivity index (χ0) is 12.6. The molecule has 2 rings (SSSR count). The van der Waals surface area contributed by atoms with Crippen LogP contribution in [-0.4, -0.2) is 12.5 Å². The molecule has 0 spiro atoms. The summed E-state index contributed by atoms with van der Waals surface area (Å²) < 4.78 is 0. The largest absolute Gasteiger partial charge is 0.356 e. The van der Waals surface area contributed by atoms with Crippen molar-refractivity contribution in [3.63, 3.8) is 0 Å². The molecule has 1 N–H and O–H groups in total. The van der Waals surface area contributed by atoms with Gasteiger partial charge >= 0.3 is 0 Å². The zero-order valence-corrected chi connectivity index (χ0v) is 10.8. The third-order valence-electron chi connectivity index (χ3n) is 3.42. The fourth-order valence-corrected chi connectivity index (χ4v) is 2.32. The van der Waals surface area contributed by atoms with Crippen LogP contribution >= 0.6 is 0 Å². The second-order valence-electron chi connectivity index (χ2n) is 4.86. The number of amides is 1. The van der Waals surface area contributed by atoms with E-state index in [1.165, 1.54) is 5.56 Å². The molecule has 2 heteroatoms. The Labute approximate surface area is 109 Å². The average Bonchev–Trinajstić information content (AvgIpc) is 2.45. The maximum Gasteiger partial charge on any atom is 0.223 e. The van der Waals surface area contributed by atoms with Gasteiger partial charge in [0, 0.05) is 12.5 Å². The Kier molecular flexibility index (Phi) is 5.00. The van der Waals surface area contributed by atoms with Crippen molar-refractivity contribution in [3.8, 4) is 0 Å². The van der Waals surface area contributed by atoms with E-state index in [4.69, 9.17) is 0 Å². The highest BCUT2D eigenvalue weighted by Gasteiger charge is 2.17. The Morgan fingerprint density at radius 2 is 2.06 bits per heavy atom. The molecule has 1 aliphatic carbocycles. The van der Waals surface area contributed by atoms with Crippen LogP contribution in [0.5, 0.6) is 0 Å². The summed E-state index contributed by atoms with van der Waals surface area (Å²) in [6.45, 7) is 0.786.